The fourth-order valence-corrected chi connectivity index (χ4v) is 4.12. The summed E-state index contributed by atoms with van der Waals surface area (Å²) in [4.78, 5) is 4.38. The van der Waals surface area contributed by atoms with E-state index < -0.39 is 0 Å². The van der Waals surface area contributed by atoms with Crippen LogP contribution in [0.2, 0.25) is 0 Å². The van der Waals surface area contributed by atoms with E-state index in [1.165, 1.54) is 24.0 Å². The number of benzene rings is 1. The summed E-state index contributed by atoms with van der Waals surface area (Å²) < 4.78 is 11.0. The van der Waals surface area contributed by atoms with E-state index in [-0.39, 0.29) is 5.41 Å². The minimum Gasteiger partial charge on any atom is -0.454 e. The Morgan fingerprint density at radius 2 is 2.08 bits per heavy atom. The summed E-state index contributed by atoms with van der Waals surface area (Å²) >= 11 is 1.74. The molecule has 0 amide bonds. The smallest absolute Gasteiger partial charge is 0.231 e. The van der Waals surface area contributed by atoms with Crippen LogP contribution in [0.3, 0.4) is 0 Å². The molecular weight excluding hydrogens is 346 g/mol. The predicted octanol–water partition coefficient (Wildman–Crippen LogP) is 3.48. The van der Waals surface area contributed by atoms with E-state index in [9.17, 15) is 0 Å². The van der Waals surface area contributed by atoms with Crippen LogP contribution in [0, 0.1) is 0 Å². The summed E-state index contributed by atoms with van der Waals surface area (Å²) in [5.74, 6) is 3.03. The number of hydrogen-bond donors (Lipinski definition) is 2. The van der Waals surface area contributed by atoms with E-state index in [2.05, 4.69) is 51.5 Å². The van der Waals surface area contributed by atoms with Crippen LogP contribution in [-0.2, 0) is 5.41 Å². The monoisotopic (exact) mass is 371 g/mol. The van der Waals surface area contributed by atoms with Crippen molar-refractivity contribution in [2.75, 3.05) is 26.9 Å². The number of thiophene rings is 1. The standard InChI is InChI=1S/C20H25N3O2S/c1-14(15-5-8-26-11-15)10-22-19(21-2)23-12-20(6-7-20)16-3-4-17-18(9-16)25-13-24-17/h3-5,8-9,11,14H,6-7,10,12-13H2,1-2H3,(H2,21,22,23). The summed E-state index contributed by atoms with van der Waals surface area (Å²) in [6, 6.07) is 8.50. The number of aliphatic imine (C=N–C) groups is 1. The van der Waals surface area contributed by atoms with Gasteiger partial charge in [0.25, 0.3) is 0 Å². The number of fused-ring (bicyclic) bond motifs is 1. The van der Waals surface area contributed by atoms with Gasteiger partial charge in [0.1, 0.15) is 0 Å². The van der Waals surface area contributed by atoms with Gasteiger partial charge in [0.05, 0.1) is 0 Å². The van der Waals surface area contributed by atoms with Crippen LogP contribution in [0.5, 0.6) is 11.5 Å². The molecule has 0 spiro atoms. The van der Waals surface area contributed by atoms with Crippen molar-refractivity contribution in [1.82, 2.24) is 10.6 Å². The highest BCUT2D eigenvalue weighted by atomic mass is 32.1. The second-order valence-corrected chi connectivity index (χ2v) is 7.89. The Bertz CT molecular complexity index is 784. The molecule has 26 heavy (non-hydrogen) atoms. The zero-order valence-electron chi connectivity index (χ0n) is 15.2. The van der Waals surface area contributed by atoms with E-state index >= 15 is 0 Å². The van der Waals surface area contributed by atoms with Crippen molar-refractivity contribution in [3.63, 3.8) is 0 Å². The zero-order chi connectivity index (χ0) is 18.0. The first-order valence-electron chi connectivity index (χ1n) is 9.07. The van der Waals surface area contributed by atoms with Gasteiger partial charge in [0.2, 0.25) is 6.79 Å². The van der Waals surface area contributed by atoms with Crippen LogP contribution in [-0.4, -0.2) is 32.9 Å². The third kappa shape index (κ3) is 3.51. The molecule has 2 heterocycles. The first-order valence-corrected chi connectivity index (χ1v) is 10.0. The molecule has 1 saturated carbocycles. The van der Waals surface area contributed by atoms with Crippen LogP contribution in [0.25, 0.3) is 0 Å². The predicted molar refractivity (Wildman–Crippen MR) is 106 cm³/mol. The molecule has 0 radical (unpaired) electrons. The largest absolute Gasteiger partial charge is 0.454 e. The summed E-state index contributed by atoms with van der Waals surface area (Å²) in [7, 11) is 1.82. The number of nitrogens with one attached hydrogen (secondary N) is 2. The molecule has 1 aliphatic carbocycles. The van der Waals surface area contributed by atoms with Crippen molar-refractivity contribution >= 4 is 17.3 Å². The number of hydrogen-bond acceptors (Lipinski definition) is 4. The van der Waals surface area contributed by atoms with Gasteiger partial charge in [-0.3, -0.25) is 4.99 Å². The quantitative estimate of drug-likeness (QED) is 0.603. The minimum atomic E-state index is 0.178. The highest BCUT2D eigenvalue weighted by Crippen LogP contribution is 2.49. The lowest BCUT2D eigenvalue weighted by Crippen LogP contribution is -2.42. The Hall–Kier alpha value is -2.21. The number of guanidine groups is 1. The lowest BCUT2D eigenvalue weighted by molar-refractivity contribution is 0.174. The molecule has 0 saturated heterocycles. The van der Waals surface area contributed by atoms with Crippen molar-refractivity contribution in [1.29, 1.82) is 0 Å². The number of nitrogens with zero attached hydrogens (tertiary/aromatic N) is 1. The maximum Gasteiger partial charge on any atom is 0.231 e. The lowest BCUT2D eigenvalue weighted by atomic mass is 9.95. The van der Waals surface area contributed by atoms with Gasteiger partial charge in [-0.05, 0) is 58.8 Å². The van der Waals surface area contributed by atoms with Gasteiger partial charge in [-0.2, -0.15) is 11.3 Å². The first-order chi connectivity index (χ1) is 12.7. The zero-order valence-corrected chi connectivity index (χ0v) is 16.1. The summed E-state index contributed by atoms with van der Waals surface area (Å²) in [5, 5.41) is 11.3. The highest BCUT2D eigenvalue weighted by Gasteiger charge is 2.44. The van der Waals surface area contributed by atoms with Crippen molar-refractivity contribution < 1.29 is 9.47 Å². The first kappa shape index (κ1) is 17.2. The fourth-order valence-electron chi connectivity index (χ4n) is 3.34. The molecule has 6 heteroatoms. The molecule has 2 N–H and O–H groups in total. The fraction of sp³-hybridized carbons (Fsp3) is 0.450. The Balaban J connectivity index is 1.33. The van der Waals surface area contributed by atoms with E-state index in [1.54, 1.807) is 11.3 Å². The van der Waals surface area contributed by atoms with Crippen LogP contribution < -0.4 is 20.1 Å². The van der Waals surface area contributed by atoms with Gasteiger partial charge < -0.3 is 20.1 Å². The second-order valence-electron chi connectivity index (χ2n) is 7.11. The van der Waals surface area contributed by atoms with Crippen LogP contribution in [0.15, 0.2) is 40.0 Å². The highest BCUT2D eigenvalue weighted by molar-refractivity contribution is 7.07. The average molecular weight is 372 g/mol. The van der Waals surface area contributed by atoms with Gasteiger partial charge in [0.15, 0.2) is 17.5 Å². The molecule has 1 aromatic heterocycles. The van der Waals surface area contributed by atoms with E-state index in [0.717, 1.165) is 30.5 Å². The van der Waals surface area contributed by atoms with Crippen molar-refractivity contribution in [3.05, 3.63) is 46.2 Å². The molecule has 1 fully saturated rings. The third-order valence-corrected chi connectivity index (χ3v) is 6.05. The Kier molecular flexibility index (Phi) is 4.76. The van der Waals surface area contributed by atoms with Crippen LogP contribution in [0.1, 0.15) is 36.8 Å². The third-order valence-electron chi connectivity index (χ3n) is 5.34. The molecule has 1 aromatic carbocycles. The summed E-state index contributed by atoms with van der Waals surface area (Å²) in [5.41, 5.74) is 2.87. The molecule has 2 aromatic rings. The van der Waals surface area contributed by atoms with Crippen LogP contribution in [0.4, 0.5) is 0 Å². The lowest BCUT2D eigenvalue weighted by Gasteiger charge is -2.20. The summed E-state index contributed by atoms with van der Waals surface area (Å²) in [6.45, 7) is 4.30. The van der Waals surface area contributed by atoms with Gasteiger partial charge in [-0.25, -0.2) is 0 Å². The van der Waals surface area contributed by atoms with Crippen molar-refractivity contribution in [2.24, 2.45) is 4.99 Å². The van der Waals surface area contributed by atoms with E-state index in [0.29, 0.717) is 12.7 Å². The maximum atomic E-state index is 5.53. The Morgan fingerprint density at radius 3 is 2.81 bits per heavy atom. The van der Waals surface area contributed by atoms with Gasteiger partial charge in [-0.1, -0.05) is 13.0 Å². The molecule has 0 bridgehead atoms. The minimum absolute atomic E-state index is 0.178. The summed E-state index contributed by atoms with van der Waals surface area (Å²) in [6.07, 6.45) is 2.36. The number of ether oxygens (including phenoxy) is 2. The molecule has 1 atom stereocenters. The molecule has 5 nitrogen and oxygen atoms in total. The van der Waals surface area contributed by atoms with E-state index in [4.69, 9.17) is 9.47 Å². The molecule has 138 valence electrons. The SMILES string of the molecule is CN=C(NCC(C)c1ccsc1)NCC1(c2ccc3c(c2)OCO3)CC1. The molecular formula is C20H25N3O2S. The maximum absolute atomic E-state index is 5.53. The normalized spacial score (nSPS) is 18.5. The van der Waals surface area contributed by atoms with Gasteiger partial charge in [0, 0.05) is 25.6 Å². The topological polar surface area (TPSA) is 54.9 Å². The van der Waals surface area contributed by atoms with E-state index in [1.807, 2.05) is 13.1 Å². The molecule has 4 rings (SSSR count). The average Bonchev–Trinajstić information content (AvgIpc) is 3.08. The van der Waals surface area contributed by atoms with Gasteiger partial charge in [-0.15, -0.1) is 0 Å². The second kappa shape index (κ2) is 7.19. The Labute approximate surface area is 158 Å². The number of rotatable bonds is 6. The molecule has 1 aliphatic heterocycles. The molecule has 1 unspecified atom stereocenters. The Morgan fingerprint density at radius 1 is 1.23 bits per heavy atom. The van der Waals surface area contributed by atoms with Crippen molar-refractivity contribution in [2.45, 2.75) is 31.1 Å². The molecule has 2 aliphatic rings. The van der Waals surface area contributed by atoms with Gasteiger partial charge >= 0.3 is 0 Å². The van der Waals surface area contributed by atoms with Crippen LogP contribution >= 0.6 is 11.3 Å². The van der Waals surface area contributed by atoms with Crippen molar-refractivity contribution in [3.8, 4) is 11.5 Å².